The molecule has 0 aliphatic rings. The van der Waals surface area contributed by atoms with Crippen molar-refractivity contribution in [3.8, 4) is 5.75 Å². The van der Waals surface area contributed by atoms with Crippen LogP contribution in [-0.2, 0) is 11.3 Å². The largest absolute Gasteiger partial charge is 0.483 e. The molecule has 0 heterocycles. The highest BCUT2D eigenvalue weighted by Crippen LogP contribution is 2.25. The number of hydrogen-bond acceptors (Lipinski definition) is 2. The first-order chi connectivity index (χ1) is 12.8. The summed E-state index contributed by atoms with van der Waals surface area (Å²) in [4.78, 5) is 12.2. The predicted molar refractivity (Wildman–Crippen MR) is 105 cm³/mol. The second-order valence-electron chi connectivity index (χ2n) is 6.22. The van der Waals surface area contributed by atoms with Crippen molar-refractivity contribution in [1.29, 1.82) is 0 Å². The van der Waals surface area contributed by atoms with Crippen molar-refractivity contribution < 1.29 is 9.53 Å². The Hall–Kier alpha value is -3.33. The topological polar surface area (TPSA) is 38.3 Å². The molecule has 3 nitrogen and oxygen atoms in total. The van der Waals surface area contributed by atoms with Crippen molar-refractivity contribution in [3.05, 3.63) is 90.5 Å². The van der Waals surface area contributed by atoms with Gasteiger partial charge in [-0.05, 0) is 33.9 Å². The van der Waals surface area contributed by atoms with Crippen LogP contribution < -0.4 is 10.1 Å². The second kappa shape index (κ2) is 7.28. The Bertz CT molecular complexity index is 1070. The summed E-state index contributed by atoms with van der Waals surface area (Å²) in [6.07, 6.45) is 0. The molecule has 0 atom stereocenters. The molecule has 0 radical (unpaired) electrons. The molecule has 0 aliphatic heterocycles. The molecule has 128 valence electrons. The Morgan fingerprint density at radius 1 is 0.769 bits per heavy atom. The first-order valence-corrected chi connectivity index (χ1v) is 8.64. The van der Waals surface area contributed by atoms with E-state index in [4.69, 9.17) is 4.74 Å². The smallest absolute Gasteiger partial charge is 0.258 e. The van der Waals surface area contributed by atoms with E-state index in [0.29, 0.717) is 6.54 Å². The molecule has 4 aromatic rings. The third kappa shape index (κ3) is 3.52. The van der Waals surface area contributed by atoms with Crippen LogP contribution in [0.1, 0.15) is 5.56 Å². The number of nitrogens with one attached hydrogen (secondary N) is 1. The van der Waals surface area contributed by atoms with Gasteiger partial charge in [0, 0.05) is 11.9 Å². The predicted octanol–water partition coefficient (Wildman–Crippen LogP) is 4.69. The lowest BCUT2D eigenvalue weighted by Gasteiger charge is -2.10. The van der Waals surface area contributed by atoms with Crippen molar-refractivity contribution in [2.24, 2.45) is 0 Å². The number of carbonyl (C=O) groups excluding carboxylic acids is 1. The number of carbonyl (C=O) groups is 1. The van der Waals surface area contributed by atoms with Crippen LogP contribution in [0.4, 0.5) is 0 Å². The van der Waals surface area contributed by atoms with Crippen LogP contribution in [0, 0.1) is 0 Å². The van der Waals surface area contributed by atoms with E-state index >= 15 is 0 Å². The quantitative estimate of drug-likeness (QED) is 0.572. The van der Waals surface area contributed by atoms with E-state index in [9.17, 15) is 4.79 Å². The standard InChI is InChI=1S/C23H19NO2/c25-23(16-26-22-11-5-9-19-7-3-4-10-21(19)22)24-15-17-12-13-18-6-1-2-8-20(18)14-17/h1-14H,15-16H2,(H,24,25). The van der Waals surface area contributed by atoms with Crippen molar-refractivity contribution in [2.45, 2.75) is 6.54 Å². The maximum absolute atomic E-state index is 12.2. The minimum Gasteiger partial charge on any atom is -0.483 e. The van der Waals surface area contributed by atoms with Crippen LogP contribution in [0.15, 0.2) is 84.9 Å². The molecular formula is C23H19NO2. The number of benzene rings is 4. The van der Waals surface area contributed by atoms with Gasteiger partial charge in [0.05, 0.1) is 0 Å². The van der Waals surface area contributed by atoms with Crippen LogP contribution in [-0.4, -0.2) is 12.5 Å². The first kappa shape index (κ1) is 16.2. The lowest BCUT2D eigenvalue weighted by atomic mass is 10.1. The normalized spacial score (nSPS) is 10.8. The SMILES string of the molecule is O=C(COc1cccc2ccccc12)NCc1ccc2ccccc2c1. The fourth-order valence-corrected chi connectivity index (χ4v) is 3.07. The minimum atomic E-state index is -0.133. The zero-order chi connectivity index (χ0) is 17.8. The van der Waals surface area contributed by atoms with Crippen molar-refractivity contribution in [2.75, 3.05) is 6.61 Å². The number of ether oxygens (including phenoxy) is 1. The van der Waals surface area contributed by atoms with E-state index in [-0.39, 0.29) is 12.5 Å². The fraction of sp³-hybridized carbons (Fsp3) is 0.0870. The van der Waals surface area contributed by atoms with Crippen molar-refractivity contribution in [1.82, 2.24) is 5.32 Å². The highest BCUT2D eigenvalue weighted by atomic mass is 16.5. The van der Waals surface area contributed by atoms with Gasteiger partial charge in [0.15, 0.2) is 6.61 Å². The van der Waals surface area contributed by atoms with Gasteiger partial charge >= 0.3 is 0 Å². The summed E-state index contributed by atoms with van der Waals surface area (Å²) in [6, 6.07) is 28.2. The van der Waals surface area contributed by atoms with Crippen molar-refractivity contribution >= 4 is 27.5 Å². The van der Waals surface area contributed by atoms with E-state index in [1.165, 1.54) is 10.8 Å². The average molecular weight is 341 g/mol. The van der Waals surface area contributed by atoms with Gasteiger partial charge < -0.3 is 10.1 Å². The Labute approximate surface area is 152 Å². The molecule has 26 heavy (non-hydrogen) atoms. The molecule has 0 bridgehead atoms. The van der Waals surface area contributed by atoms with E-state index in [2.05, 4.69) is 29.6 Å². The molecule has 1 amide bonds. The number of fused-ring (bicyclic) bond motifs is 2. The Morgan fingerprint density at radius 2 is 1.50 bits per heavy atom. The number of rotatable bonds is 5. The second-order valence-corrected chi connectivity index (χ2v) is 6.22. The monoisotopic (exact) mass is 341 g/mol. The maximum Gasteiger partial charge on any atom is 0.258 e. The van der Waals surface area contributed by atoms with Gasteiger partial charge in [-0.15, -0.1) is 0 Å². The van der Waals surface area contributed by atoms with Gasteiger partial charge in [-0.1, -0.05) is 72.8 Å². The summed E-state index contributed by atoms with van der Waals surface area (Å²) >= 11 is 0. The molecule has 4 aromatic carbocycles. The number of amides is 1. The fourth-order valence-electron chi connectivity index (χ4n) is 3.07. The molecule has 0 fully saturated rings. The molecule has 4 rings (SSSR count). The van der Waals surface area contributed by atoms with Crippen LogP contribution in [0.25, 0.3) is 21.5 Å². The Kier molecular flexibility index (Phi) is 4.52. The van der Waals surface area contributed by atoms with E-state index in [1.807, 2.05) is 60.7 Å². The van der Waals surface area contributed by atoms with Gasteiger partial charge in [0.25, 0.3) is 5.91 Å². The van der Waals surface area contributed by atoms with Crippen LogP contribution >= 0.6 is 0 Å². The summed E-state index contributed by atoms with van der Waals surface area (Å²) < 4.78 is 5.73. The van der Waals surface area contributed by atoms with Crippen LogP contribution in [0.2, 0.25) is 0 Å². The molecule has 0 unspecified atom stereocenters. The van der Waals surface area contributed by atoms with Gasteiger partial charge in [-0.25, -0.2) is 0 Å². The van der Waals surface area contributed by atoms with Gasteiger partial charge in [0.2, 0.25) is 0 Å². The summed E-state index contributed by atoms with van der Waals surface area (Å²) in [6.45, 7) is 0.490. The van der Waals surface area contributed by atoms with E-state index < -0.39 is 0 Å². The zero-order valence-corrected chi connectivity index (χ0v) is 14.3. The molecule has 1 N–H and O–H groups in total. The number of hydrogen-bond donors (Lipinski definition) is 1. The molecule has 0 saturated heterocycles. The van der Waals surface area contributed by atoms with Crippen LogP contribution in [0.3, 0.4) is 0 Å². The van der Waals surface area contributed by atoms with Gasteiger partial charge in [0.1, 0.15) is 5.75 Å². The summed E-state index contributed by atoms with van der Waals surface area (Å²) in [5.41, 5.74) is 1.07. The highest BCUT2D eigenvalue weighted by Gasteiger charge is 2.06. The van der Waals surface area contributed by atoms with Crippen molar-refractivity contribution in [3.63, 3.8) is 0 Å². The molecular weight excluding hydrogens is 322 g/mol. The molecule has 0 aliphatic carbocycles. The highest BCUT2D eigenvalue weighted by molar-refractivity contribution is 5.88. The van der Waals surface area contributed by atoms with E-state index in [1.54, 1.807) is 0 Å². The molecule has 3 heteroatoms. The molecule has 0 aromatic heterocycles. The zero-order valence-electron chi connectivity index (χ0n) is 14.3. The summed E-state index contributed by atoms with van der Waals surface area (Å²) in [5.74, 6) is 0.593. The first-order valence-electron chi connectivity index (χ1n) is 8.64. The van der Waals surface area contributed by atoms with E-state index in [0.717, 1.165) is 22.1 Å². The van der Waals surface area contributed by atoms with Gasteiger partial charge in [-0.3, -0.25) is 4.79 Å². The average Bonchev–Trinajstić information content (AvgIpc) is 2.70. The Morgan fingerprint density at radius 3 is 2.38 bits per heavy atom. The minimum absolute atomic E-state index is 0.00158. The third-order valence-electron chi connectivity index (χ3n) is 4.41. The summed E-state index contributed by atoms with van der Waals surface area (Å²) in [7, 11) is 0. The molecule has 0 spiro atoms. The maximum atomic E-state index is 12.2. The molecule has 0 saturated carbocycles. The van der Waals surface area contributed by atoms with Gasteiger partial charge in [-0.2, -0.15) is 0 Å². The third-order valence-corrected chi connectivity index (χ3v) is 4.41. The van der Waals surface area contributed by atoms with Crippen LogP contribution in [0.5, 0.6) is 5.75 Å². The lowest BCUT2D eigenvalue weighted by Crippen LogP contribution is -2.28. The Balaban J connectivity index is 1.37. The summed E-state index contributed by atoms with van der Waals surface area (Å²) in [5, 5.41) is 7.40. The lowest BCUT2D eigenvalue weighted by molar-refractivity contribution is -0.123.